The standard InChI is InChI=1S/C13H8BrClN2O4/c14-10-5-8(15)6-11(12(10)18)16-13(19)7-1-3-9(4-2-7)17(20)21/h1-6,18H,(H,16,19). The number of hydrogen-bond donors (Lipinski definition) is 2. The fourth-order valence-electron chi connectivity index (χ4n) is 1.59. The van der Waals surface area contributed by atoms with E-state index >= 15 is 0 Å². The van der Waals surface area contributed by atoms with Crippen molar-refractivity contribution in [3.63, 3.8) is 0 Å². The van der Waals surface area contributed by atoms with Gasteiger partial charge in [-0.15, -0.1) is 0 Å². The molecule has 2 aromatic carbocycles. The van der Waals surface area contributed by atoms with Crippen LogP contribution in [-0.2, 0) is 0 Å². The summed E-state index contributed by atoms with van der Waals surface area (Å²) in [5, 5.41) is 23.2. The molecule has 6 nitrogen and oxygen atoms in total. The fraction of sp³-hybridized carbons (Fsp3) is 0. The predicted octanol–water partition coefficient (Wildman–Crippen LogP) is 3.97. The number of nitro benzene ring substituents is 1. The normalized spacial score (nSPS) is 10.2. The van der Waals surface area contributed by atoms with Crippen LogP contribution in [-0.4, -0.2) is 15.9 Å². The number of aromatic hydroxyl groups is 1. The summed E-state index contributed by atoms with van der Waals surface area (Å²) in [6.45, 7) is 0. The van der Waals surface area contributed by atoms with E-state index in [1.807, 2.05) is 0 Å². The van der Waals surface area contributed by atoms with Crippen LogP contribution in [0.3, 0.4) is 0 Å². The molecule has 21 heavy (non-hydrogen) atoms. The molecule has 0 bridgehead atoms. The van der Waals surface area contributed by atoms with Gasteiger partial charge in [0.15, 0.2) is 5.75 Å². The lowest BCUT2D eigenvalue weighted by Gasteiger charge is -2.09. The van der Waals surface area contributed by atoms with E-state index in [0.717, 1.165) is 0 Å². The van der Waals surface area contributed by atoms with Gasteiger partial charge in [0.1, 0.15) is 0 Å². The van der Waals surface area contributed by atoms with Crippen molar-refractivity contribution in [3.05, 3.63) is 61.6 Å². The highest BCUT2D eigenvalue weighted by Crippen LogP contribution is 2.35. The van der Waals surface area contributed by atoms with Crippen LogP contribution in [0.4, 0.5) is 11.4 Å². The van der Waals surface area contributed by atoms with E-state index in [2.05, 4.69) is 21.2 Å². The van der Waals surface area contributed by atoms with Gasteiger partial charge in [0.2, 0.25) is 0 Å². The lowest BCUT2D eigenvalue weighted by molar-refractivity contribution is -0.384. The average Bonchev–Trinajstić information content (AvgIpc) is 2.44. The highest BCUT2D eigenvalue weighted by molar-refractivity contribution is 9.10. The van der Waals surface area contributed by atoms with Crippen LogP contribution in [0.25, 0.3) is 0 Å². The van der Waals surface area contributed by atoms with Gasteiger partial charge in [0.25, 0.3) is 11.6 Å². The van der Waals surface area contributed by atoms with Crippen molar-refractivity contribution in [3.8, 4) is 5.75 Å². The van der Waals surface area contributed by atoms with E-state index in [-0.39, 0.29) is 22.7 Å². The van der Waals surface area contributed by atoms with Crippen molar-refractivity contribution in [2.24, 2.45) is 0 Å². The molecule has 0 aliphatic carbocycles. The third-order valence-corrected chi connectivity index (χ3v) is 3.44. The molecule has 0 aliphatic heterocycles. The molecule has 2 aromatic rings. The van der Waals surface area contributed by atoms with Gasteiger partial charge in [-0.2, -0.15) is 0 Å². The molecule has 8 heteroatoms. The number of nitrogens with one attached hydrogen (secondary N) is 1. The summed E-state index contributed by atoms with van der Waals surface area (Å²) in [6.07, 6.45) is 0. The summed E-state index contributed by atoms with van der Waals surface area (Å²) in [4.78, 5) is 22.0. The Morgan fingerprint density at radius 2 is 1.90 bits per heavy atom. The van der Waals surface area contributed by atoms with Crippen LogP contribution in [0.15, 0.2) is 40.9 Å². The number of halogens is 2. The fourth-order valence-corrected chi connectivity index (χ4v) is 2.40. The van der Waals surface area contributed by atoms with Crippen LogP contribution in [0.2, 0.25) is 5.02 Å². The molecular weight excluding hydrogens is 364 g/mol. The zero-order valence-corrected chi connectivity index (χ0v) is 12.7. The van der Waals surface area contributed by atoms with Crippen LogP contribution in [0.5, 0.6) is 5.75 Å². The summed E-state index contributed by atoms with van der Waals surface area (Å²) in [5.41, 5.74) is 0.244. The maximum atomic E-state index is 12.0. The first-order valence-corrected chi connectivity index (χ1v) is 6.79. The quantitative estimate of drug-likeness (QED) is 0.485. The summed E-state index contributed by atoms with van der Waals surface area (Å²) in [5.74, 6) is -0.677. The minimum absolute atomic E-state index is 0.111. The second kappa shape index (κ2) is 6.11. The van der Waals surface area contributed by atoms with Gasteiger partial charge in [-0.3, -0.25) is 14.9 Å². The van der Waals surface area contributed by atoms with Crippen LogP contribution in [0.1, 0.15) is 10.4 Å². The Morgan fingerprint density at radius 1 is 1.29 bits per heavy atom. The number of rotatable bonds is 3. The van der Waals surface area contributed by atoms with Crippen molar-refractivity contribution in [1.82, 2.24) is 0 Å². The van der Waals surface area contributed by atoms with Crippen molar-refractivity contribution >= 4 is 44.8 Å². The topological polar surface area (TPSA) is 92.5 Å². The van der Waals surface area contributed by atoms with Crippen LogP contribution >= 0.6 is 27.5 Å². The zero-order chi connectivity index (χ0) is 15.6. The second-order valence-electron chi connectivity index (χ2n) is 4.04. The average molecular weight is 372 g/mol. The third-order valence-electron chi connectivity index (χ3n) is 2.62. The number of benzene rings is 2. The Morgan fingerprint density at radius 3 is 2.48 bits per heavy atom. The molecule has 108 valence electrons. The zero-order valence-electron chi connectivity index (χ0n) is 10.3. The van der Waals surface area contributed by atoms with Gasteiger partial charge in [0.05, 0.1) is 15.1 Å². The van der Waals surface area contributed by atoms with Crippen molar-refractivity contribution in [1.29, 1.82) is 0 Å². The summed E-state index contributed by atoms with van der Waals surface area (Å²) in [7, 11) is 0. The first-order chi connectivity index (χ1) is 9.88. The smallest absolute Gasteiger partial charge is 0.269 e. The van der Waals surface area contributed by atoms with E-state index in [1.165, 1.54) is 36.4 Å². The molecule has 0 aliphatic rings. The Bertz CT molecular complexity index is 719. The molecule has 0 spiro atoms. The van der Waals surface area contributed by atoms with Crippen LogP contribution < -0.4 is 5.32 Å². The second-order valence-corrected chi connectivity index (χ2v) is 5.33. The number of hydrogen-bond acceptors (Lipinski definition) is 4. The number of carbonyl (C=O) groups excluding carboxylic acids is 1. The van der Waals surface area contributed by atoms with E-state index < -0.39 is 10.8 Å². The Kier molecular flexibility index (Phi) is 4.44. The number of carbonyl (C=O) groups is 1. The monoisotopic (exact) mass is 370 g/mol. The summed E-state index contributed by atoms with van der Waals surface area (Å²) >= 11 is 8.95. The van der Waals surface area contributed by atoms with E-state index in [1.54, 1.807) is 0 Å². The lowest BCUT2D eigenvalue weighted by Crippen LogP contribution is -2.12. The molecule has 0 fully saturated rings. The minimum atomic E-state index is -0.554. The Hall–Kier alpha value is -2.12. The van der Waals surface area contributed by atoms with Crippen LogP contribution in [0, 0.1) is 10.1 Å². The third kappa shape index (κ3) is 3.50. The SMILES string of the molecule is O=C(Nc1cc(Cl)cc(Br)c1O)c1ccc([N+](=O)[O-])cc1. The van der Waals surface area contributed by atoms with Gasteiger partial charge in [0, 0.05) is 22.7 Å². The predicted molar refractivity (Wildman–Crippen MR) is 81.9 cm³/mol. The van der Waals surface area contributed by atoms with Crippen molar-refractivity contribution in [2.75, 3.05) is 5.32 Å². The largest absolute Gasteiger partial charge is 0.505 e. The number of anilines is 1. The molecule has 0 radical (unpaired) electrons. The molecule has 1 amide bonds. The van der Waals surface area contributed by atoms with Gasteiger partial charge in [-0.25, -0.2) is 0 Å². The molecule has 0 heterocycles. The molecule has 0 saturated heterocycles. The van der Waals surface area contributed by atoms with E-state index in [4.69, 9.17) is 11.6 Å². The number of phenols is 1. The minimum Gasteiger partial charge on any atom is -0.505 e. The molecule has 2 rings (SSSR count). The summed E-state index contributed by atoms with van der Waals surface area (Å²) in [6, 6.07) is 7.98. The van der Waals surface area contributed by atoms with Gasteiger partial charge in [-0.1, -0.05) is 11.6 Å². The van der Waals surface area contributed by atoms with Gasteiger partial charge in [-0.05, 0) is 40.2 Å². The number of amides is 1. The Labute approximate surface area is 132 Å². The lowest BCUT2D eigenvalue weighted by atomic mass is 10.2. The van der Waals surface area contributed by atoms with Crippen molar-refractivity contribution in [2.45, 2.75) is 0 Å². The van der Waals surface area contributed by atoms with E-state index in [9.17, 15) is 20.0 Å². The molecule has 0 atom stereocenters. The maximum absolute atomic E-state index is 12.0. The number of non-ortho nitro benzene ring substituents is 1. The number of phenolic OH excluding ortho intramolecular Hbond substituents is 1. The molecular formula is C13H8BrClN2O4. The highest BCUT2D eigenvalue weighted by atomic mass is 79.9. The Balaban J connectivity index is 2.24. The molecule has 0 saturated carbocycles. The van der Waals surface area contributed by atoms with Gasteiger partial charge < -0.3 is 10.4 Å². The molecule has 2 N–H and O–H groups in total. The highest BCUT2D eigenvalue weighted by Gasteiger charge is 2.13. The maximum Gasteiger partial charge on any atom is 0.269 e. The summed E-state index contributed by atoms with van der Waals surface area (Å²) < 4.78 is 0.342. The van der Waals surface area contributed by atoms with E-state index in [0.29, 0.717) is 9.50 Å². The first kappa shape index (κ1) is 15.3. The molecule has 0 unspecified atom stereocenters. The number of nitro groups is 1. The first-order valence-electron chi connectivity index (χ1n) is 5.62. The van der Waals surface area contributed by atoms with Crippen molar-refractivity contribution < 1.29 is 14.8 Å². The molecule has 0 aromatic heterocycles. The number of nitrogens with zero attached hydrogens (tertiary/aromatic N) is 1. The van der Waals surface area contributed by atoms with Gasteiger partial charge >= 0.3 is 0 Å².